The molecule has 1 aliphatic rings. The number of ether oxygens (including phenoxy) is 1. The average molecular weight is 228 g/mol. The van der Waals surface area contributed by atoms with Gasteiger partial charge in [-0.25, -0.2) is 0 Å². The van der Waals surface area contributed by atoms with Crippen molar-refractivity contribution in [3.8, 4) is 0 Å². The summed E-state index contributed by atoms with van der Waals surface area (Å²) < 4.78 is 4.95. The van der Waals surface area contributed by atoms with Crippen LogP contribution >= 0.6 is 0 Å². The molecule has 1 N–H and O–H groups in total. The summed E-state index contributed by atoms with van der Waals surface area (Å²) in [6.07, 6.45) is 3.95. The Morgan fingerprint density at radius 3 is 2.94 bits per heavy atom. The Hall–Kier alpha value is -0.610. The van der Waals surface area contributed by atoms with Gasteiger partial charge < -0.3 is 15.0 Å². The third-order valence-electron chi connectivity index (χ3n) is 2.97. The van der Waals surface area contributed by atoms with Crippen LogP contribution in [0.3, 0.4) is 0 Å². The number of carbonyl (C=O) groups excluding carboxylic acids is 1. The molecule has 0 aromatic heterocycles. The molecule has 1 heterocycles. The third kappa shape index (κ3) is 4.49. The monoisotopic (exact) mass is 228 g/mol. The summed E-state index contributed by atoms with van der Waals surface area (Å²) in [7, 11) is 1.63. The first-order valence-corrected chi connectivity index (χ1v) is 6.28. The lowest BCUT2D eigenvalue weighted by Gasteiger charge is -2.25. The maximum atomic E-state index is 11.9. The molecule has 1 amide bonds. The van der Waals surface area contributed by atoms with Crippen molar-refractivity contribution in [1.29, 1.82) is 0 Å². The Balaban J connectivity index is 2.35. The third-order valence-corrected chi connectivity index (χ3v) is 2.97. The van der Waals surface area contributed by atoms with E-state index in [-0.39, 0.29) is 5.91 Å². The van der Waals surface area contributed by atoms with E-state index in [1.54, 1.807) is 7.11 Å². The van der Waals surface area contributed by atoms with E-state index in [9.17, 15) is 4.79 Å². The maximum Gasteiger partial charge on any atom is 0.224 e. The second-order valence-electron chi connectivity index (χ2n) is 4.38. The lowest BCUT2D eigenvalue weighted by molar-refractivity contribution is -0.132. The molecule has 0 spiro atoms. The summed E-state index contributed by atoms with van der Waals surface area (Å²) in [6, 6.07) is 0.498. The normalized spacial score (nSPS) is 20.0. The molecule has 4 nitrogen and oxygen atoms in total. The van der Waals surface area contributed by atoms with Gasteiger partial charge in [0, 0.05) is 26.2 Å². The Morgan fingerprint density at radius 1 is 1.56 bits per heavy atom. The van der Waals surface area contributed by atoms with Gasteiger partial charge in [-0.3, -0.25) is 4.79 Å². The predicted molar refractivity (Wildman–Crippen MR) is 64.4 cm³/mol. The lowest BCUT2D eigenvalue weighted by Crippen LogP contribution is -2.41. The van der Waals surface area contributed by atoms with Crippen LogP contribution < -0.4 is 5.32 Å². The summed E-state index contributed by atoms with van der Waals surface area (Å²) in [5, 5.41) is 3.43. The molecule has 1 fully saturated rings. The molecule has 1 unspecified atom stereocenters. The van der Waals surface area contributed by atoms with Crippen LogP contribution in [-0.4, -0.2) is 50.2 Å². The van der Waals surface area contributed by atoms with Crippen LogP contribution in [0.4, 0.5) is 0 Å². The van der Waals surface area contributed by atoms with E-state index in [0.29, 0.717) is 19.1 Å². The average Bonchev–Trinajstić information content (AvgIpc) is 2.78. The van der Waals surface area contributed by atoms with Gasteiger partial charge in [0.2, 0.25) is 5.91 Å². The van der Waals surface area contributed by atoms with Gasteiger partial charge in [0.15, 0.2) is 0 Å². The summed E-state index contributed by atoms with van der Waals surface area (Å²) in [5.74, 6) is 0.220. The minimum atomic E-state index is 0.220. The van der Waals surface area contributed by atoms with Gasteiger partial charge in [-0.1, -0.05) is 6.92 Å². The van der Waals surface area contributed by atoms with Crippen molar-refractivity contribution in [2.24, 2.45) is 0 Å². The Labute approximate surface area is 98.3 Å². The standard InChI is InChI=1S/C12H24N2O2/c1-3-8-14(12(15)6-9-16-2)10-11-5-4-7-13-11/h11,13H,3-10H2,1-2H3. The Morgan fingerprint density at radius 2 is 2.38 bits per heavy atom. The molecule has 1 atom stereocenters. The lowest BCUT2D eigenvalue weighted by atomic mass is 10.2. The molecule has 0 aromatic carbocycles. The number of hydrogen-bond donors (Lipinski definition) is 1. The van der Waals surface area contributed by atoms with Crippen LogP contribution in [0.2, 0.25) is 0 Å². The van der Waals surface area contributed by atoms with Gasteiger partial charge in [-0.05, 0) is 25.8 Å². The zero-order chi connectivity index (χ0) is 11.8. The molecule has 0 bridgehead atoms. The number of rotatable bonds is 7. The van der Waals surface area contributed by atoms with Crippen LogP contribution in [-0.2, 0) is 9.53 Å². The molecule has 0 radical (unpaired) electrons. The van der Waals surface area contributed by atoms with Crippen LogP contribution in [0.15, 0.2) is 0 Å². The first-order chi connectivity index (χ1) is 7.77. The van der Waals surface area contributed by atoms with E-state index in [2.05, 4.69) is 12.2 Å². The van der Waals surface area contributed by atoms with E-state index in [4.69, 9.17) is 4.74 Å². The molecule has 0 saturated carbocycles. The molecule has 4 heteroatoms. The van der Waals surface area contributed by atoms with E-state index in [1.807, 2.05) is 4.90 Å². The van der Waals surface area contributed by atoms with Crippen molar-refractivity contribution >= 4 is 5.91 Å². The van der Waals surface area contributed by atoms with Crippen LogP contribution in [0, 0.1) is 0 Å². The fraction of sp³-hybridized carbons (Fsp3) is 0.917. The second kappa shape index (κ2) is 7.63. The van der Waals surface area contributed by atoms with E-state index >= 15 is 0 Å². The highest BCUT2D eigenvalue weighted by atomic mass is 16.5. The quantitative estimate of drug-likeness (QED) is 0.707. The molecular weight excluding hydrogens is 204 g/mol. The number of nitrogens with one attached hydrogen (secondary N) is 1. The number of carbonyl (C=O) groups is 1. The SMILES string of the molecule is CCCN(CC1CCCN1)C(=O)CCOC. The highest BCUT2D eigenvalue weighted by molar-refractivity contribution is 5.76. The Bertz CT molecular complexity index is 203. The number of nitrogens with zero attached hydrogens (tertiary/aromatic N) is 1. The summed E-state index contributed by atoms with van der Waals surface area (Å²) >= 11 is 0. The van der Waals surface area contributed by atoms with Crippen LogP contribution in [0.25, 0.3) is 0 Å². The number of amides is 1. The van der Waals surface area contributed by atoms with Gasteiger partial charge in [-0.15, -0.1) is 0 Å². The van der Waals surface area contributed by atoms with Crippen molar-refractivity contribution < 1.29 is 9.53 Å². The second-order valence-corrected chi connectivity index (χ2v) is 4.38. The van der Waals surface area contributed by atoms with Crippen molar-refractivity contribution in [3.63, 3.8) is 0 Å². The zero-order valence-corrected chi connectivity index (χ0v) is 10.5. The molecule has 1 rings (SSSR count). The zero-order valence-electron chi connectivity index (χ0n) is 10.5. The summed E-state index contributed by atoms with van der Waals surface area (Å²) in [5.41, 5.74) is 0. The Kier molecular flexibility index (Phi) is 6.42. The van der Waals surface area contributed by atoms with Crippen molar-refractivity contribution in [3.05, 3.63) is 0 Å². The maximum absolute atomic E-state index is 11.9. The van der Waals surface area contributed by atoms with Gasteiger partial charge >= 0.3 is 0 Å². The van der Waals surface area contributed by atoms with E-state index in [0.717, 1.165) is 26.1 Å². The first-order valence-electron chi connectivity index (χ1n) is 6.28. The van der Waals surface area contributed by atoms with Crippen LogP contribution in [0.1, 0.15) is 32.6 Å². The predicted octanol–water partition coefficient (Wildman–Crippen LogP) is 1.01. The fourth-order valence-electron chi connectivity index (χ4n) is 2.11. The molecule has 0 aliphatic carbocycles. The smallest absolute Gasteiger partial charge is 0.224 e. The highest BCUT2D eigenvalue weighted by Gasteiger charge is 2.20. The van der Waals surface area contributed by atoms with Gasteiger partial charge in [0.25, 0.3) is 0 Å². The summed E-state index contributed by atoms with van der Waals surface area (Å²) in [4.78, 5) is 13.9. The molecule has 16 heavy (non-hydrogen) atoms. The first kappa shape index (κ1) is 13.5. The van der Waals surface area contributed by atoms with Crippen molar-refractivity contribution in [2.45, 2.75) is 38.6 Å². The van der Waals surface area contributed by atoms with E-state index in [1.165, 1.54) is 12.8 Å². The van der Waals surface area contributed by atoms with Crippen molar-refractivity contribution in [1.82, 2.24) is 10.2 Å². The molecule has 0 aromatic rings. The van der Waals surface area contributed by atoms with Gasteiger partial charge in [0.1, 0.15) is 0 Å². The molecular formula is C12H24N2O2. The largest absolute Gasteiger partial charge is 0.384 e. The van der Waals surface area contributed by atoms with Gasteiger partial charge in [-0.2, -0.15) is 0 Å². The van der Waals surface area contributed by atoms with E-state index < -0.39 is 0 Å². The van der Waals surface area contributed by atoms with Gasteiger partial charge in [0.05, 0.1) is 13.0 Å². The topological polar surface area (TPSA) is 41.6 Å². The molecule has 1 saturated heterocycles. The highest BCUT2D eigenvalue weighted by Crippen LogP contribution is 2.08. The summed E-state index contributed by atoms with van der Waals surface area (Å²) in [6.45, 7) is 5.45. The number of methoxy groups -OCH3 is 1. The minimum absolute atomic E-state index is 0.220. The van der Waals surface area contributed by atoms with Crippen molar-refractivity contribution in [2.75, 3.05) is 33.4 Å². The minimum Gasteiger partial charge on any atom is -0.384 e. The van der Waals surface area contributed by atoms with Crippen LogP contribution in [0.5, 0.6) is 0 Å². The molecule has 1 aliphatic heterocycles. The molecule has 94 valence electrons. The fourth-order valence-corrected chi connectivity index (χ4v) is 2.11. The number of hydrogen-bond acceptors (Lipinski definition) is 3.